The molecule has 1 aromatic carbocycles. The van der Waals surface area contributed by atoms with Gasteiger partial charge in [-0.1, -0.05) is 78.5 Å². The molecule has 0 saturated carbocycles. The van der Waals surface area contributed by atoms with E-state index >= 15 is 0 Å². The van der Waals surface area contributed by atoms with Gasteiger partial charge in [-0.05, 0) is 67.0 Å². The van der Waals surface area contributed by atoms with Crippen molar-refractivity contribution in [2.24, 2.45) is 11.3 Å². The van der Waals surface area contributed by atoms with Crippen molar-refractivity contribution in [1.82, 2.24) is 0 Å². The molecule has 0 N–H and O–H groups in total. The molecule has 0 heterocycles. The average Bonchev–Trinajstić information content (AvgIpc) is 2.64. The molecule has 2 unspecified atom stereocenters. The Bertz CT molecular complexity index is 715. The lowest BCUT2D eigenvalue weighted by Crippen LogP contribution is -2.30. The Labute approximate surface area is 173 Å². The van der Waals surface area contributed by atoms with E-state index in [1.807, 2.05) is 59.8 Å². The van der Waals surface area contributed by atoms with Gasteiger partial charge in [0.25, 0.3) is 0 Å². The van der Waals surface area contributed by atoms with Crippen LogP contribution in [0.15, 0.2) is 30.9 Å². The molecule has 2 heteroatoms. The van der Waals surface area contributed by atoms with E-state index in [4.69, 9.17) is 4.74 Å². The second kappa shape index (κ2) is 11.7. The van der Waals surface area contributed by atoms with Crippen LogP contribution < -0.4 is 0 Å². The number of esters is 1. The third-order valence-electron chi connectivity index (χ3n) is 5.01. The Balaban J connectivity index is 0.00000352. The molecule has 0 fully saturated rings. The third-order valence-corrected chi connectivity index (χ3v) is 5.01. The molecule has 1 rings (SSSR count). The SMILES string of the molecule is C=Cc1cc(C)c(/C=C\C)cc1/C(=C\C)C(C)OC(=O)C(C)C(C)(C)C.CC. The summed E-state index contributed by atoms with van der Waals surface area (Å²) in [6, 6.07) is 4.28. The molecule has 156 valence electrons. The van der Waals surface area contributed by atoms with E-state index in [9.17, 15) is 4.79 Å². The van der Waals surface area contributed by atoms with Crippen LogP contribution in [0, 0.1) is 18.3 Å². The highest BCUT2D eigenvalue weighted by Crippen LogP contribution is 2.31. The number of allylic oxidation sites excluding steroid dienone is 2. The molecule has 0 aromatic heterocycles. The van der Waals surface area contributed by atoms with Gasteiger partial charge in [-0.25, -0.2) is 0 Å². The summed E-state index contributed by atoms with van der Waals surface area (Å²) in [5, 5.41) is 0. The van der Waals surface area contributed by atoms with E-state index in [1.165, 1.54) is 5.56 Å². The molecule has 0 bridgehead atoms. The van der Waals surface area contributed by atoms with Crippen molar-refractivity contribution in [1.29, 1.82) is 0 Å². The van der Waals surface area contributed by atoms with Gasteiger partial charge in [0.2, 0.25) is 0 Å². The van der Waals surface area contributed by atoms with Crippen LogP contribution in [0.4, 0.5) is 0 Å². The van der Waals surface area contributed by atoms with Crippen LogP contribution in [-0.2, 0) is 9.53 Å². The normalized spacial score (nSPS) is 14.1. The monoisotopic (exact) mass is 384 g/mol. The van der Waals surface area contributed by atoms with Crippen LogP contribution >= 0.6 is 0 Å². The highest BCUT2D eigenvalue weighted by molar-refractivity contribution is 5.81. The fourth-order valence-electron chi connectivity index (χ4n) is 2.83. The van der Waals surface area contributed by atoms with Crippen molar-refractivity contribution in [3.63, 3.8) is 0 Å². The van der Waals surface area contributed by atoms with Gasteiger partial charge in [-0.3, -0.25) is 4.79 Å². The highest BCUT2D eigenvalue weighted by Gasteiger charge is 2.30. The molecule has 2 atom stereocenters. The van der Waals surface area contributed by atoms with Gasteiger partial charge in [0.15, 0.2) is 0 Å². The molecule has 28 heavy (non-hydrogen) atoms. The predicted octanol–water partition coefficient (Wildman–Crippen LogP) is 7.71. The number of rotatable bonds is 6. The second-order valence-corrected chi connectivity index (χ2v) is 7.91. The summed E-state index contributed by atoms with van der Waals surface area (Å²) < 4.78 is 5.82. The van der Waals surface area contributed by atoms with E-state index in [2.05, 4.69) is 52.5 Å². The molecule has 0 aliphatic rings. The largest absolute Gasteiger partial charge is 0.458 e. The van der Waals surface area contributed by atoms with E-state index in [0.29, 0.717) is 0 Å². The molecule has 0 radical (unpaired) electrons. The average molecular weight is 385 g/mol. The van der Waals surface area contributed by atoms with E-state index in [1.54, 1.807) is 0 Å². The first-order valence-corrected chi connectivity index (χ1v) is 10.3. The van der Waals surface area contributed by atoms with Gasteiger partial charge < -0.3 is 4.74 Å². The molecule has 2 nitrogen and oxygen atoms in total. The summed E-state index contributed by atoms with van der Waals surface area (Å²) in [5.74, 6) is -0.330. The van der Waals surface area contributed by atoms with Crippen molar-refractivity contribution >= 4 is 23.7 Å². The van der Waals surface area contributed by atoms with E-state index in [-0.39, 0.29) is 23.4 Å². The van der Waals surface area contributed by atoms with Gasteiger partial charge in [-0.15, -0.1) is 0 Å². The summed E-state index contributed by atoms with van der Waals surface area (Å²) in [6.07, 6.45) is 7.69. The number of carbonyl (C=O) groups is 1. The van der Waals surface area contributed by atoms with Gasteiger partial charge >= 0.3 is 5.97 Å². The Hall–Kier alpha value is -2.09. The lowest BCUT2D eigenvalue weighted by atomic mass is 9.82. The number of hydrogen-bond donors (Lipinski definition) is 0. The maximum absolute atomic E-state index is 12.5. The number of carbonyl (C=O) groups excluding carboxylic acids is 1. The van der Waals surface area contributed by atoms with Crippen molar-refractivity contribution in [2.75, 3.05) is 0 Å². The molecule has 0 aliphatic heterocycles. The molecule has 0 aliphatic carbocycles. The van der Waals surface area contributed by atoms with Crippen molar-refractivity contribution < 1.29 is 9.53 Å². The fraction of sp³-hybridized carbons (Fsp3) is 0.500. The quantitative estimate of drug-likeness (QED) is 0.469. The summed E-state index contributed by atoms with van der Waals surface area (Å²) in [7, 11) is 0. The molecule has 0 saturated heterocycles. The lowest BCUT2D eigenvalue weighted by Gasteiger charge is -2.28. The van der Waals surface area contributed by atoms with Gasteiger partial charge in [0, 0.05) is 0 Å². The first-order valence-electron chi connectivity index (χ1n) is 10.3. The second-order valence-electron chi connectivity index (χ2n) is 7.91. The molecule has 1 aromatic rings. The maximum atomic E-state index is 12.5. The zero-order chi connectivity index (χ0) is 22.1. The molecule has 0 amide bonds. The van der Waals surface area contributed by atoms with Crippen molar-refractivity contribution in [2.45, 2.75) is 75.3 Å². The Morgan fingerprint density at radius 2 is 1.68 bits per heavy atom. The minimum Gasteiger partial charge on any atom is -0.458 e. The molecular weight excluding hydrogens is 344 g/mol. The first kappa shape index (κ1) is 25.9. The van der Waals surface area contributed by atoms with Crippen LogP contribution in [-0.4, -0.2) is 12.1 Å². The summed E-state index contributed by atoms with van der Waals surface area (Å²) in [4.78, 5) is 12.5. The minimum atomic E-state index is -0.322. The van der Waals surface area contributed by atoms with E-state index < -0.39 is 0 Å². The van der Waals surface area contributed by atoms with Crippen LogP contribution in [0.25, 0.3) is 17.7 Å². The highest BCUT2D eigenvalue weighted by atomic mass is 16.5. The summed E-state index contributed by atoms with van der Waals surface area (Å²) in [6.45, 7) is 24.1. The molecular formula is C26H40O2. The molecule has 0 spiro atoms. The van der Waals surface area contributed by atoms with Crippen molar-refractivity contribution in [3.8, 4) is 0 Å². The van der Waals surface area contributed by atoms with E-state index in [0.717, 1.165) is 22.3 Å². The number of benzene rings is 1. The fourth-order valence-corrected chi connectivity index (χ4v) is 2.83. The van der Waals surface area contributed by atoms with Crippen LogP contribution in [0.1, 0.15) is 84.6 Å². The van der Waals surface area contributed by atoms with Gasteiger partial charge in [-0.2, -0.15) is 0 Å². The third kappa shape index (κ3) is 6.82. The lowest BCUT2D eigenvalue weighted by molar-refractivity contribution is -0.153. The zero-order valence-corrected chi connectivity index (χ0v) is 19.6. The topological polar surface area (TPSA) is 26.3 Å². The van der Waals surface area contributed by atoms with Gasteiger partial charge in [0.05, 0.1) is 5.92 Å². The van der Waals surface area contributed by atoms with Crippen molar-refractivity contribution in [3.05, 3.63) is 53.1 Å². The summed E-state index contributed by atoms with van der Waals surface area (Å²) >= 11 is 0. The van der Waals surface area contributed by atoms with Crippen LogP contribution in [0.5, 0.6) is 0 Å². The standard InChI is InChI=1S/C24H34O2.C2H6/c1-10-13-20-15-22(19(11-2)14-16(20)4)21(12-3)18(6)26-23(25)17(5)24(7,8)9;1-2/h10-15,17-18H,2H2,1,3-9H3;1-2H3/b13-10-,21-12-;. The Kier molecular flexibility index (Phi) is 10.8. The van der Waals surface area contributed by atoms with Gasteiger partial charge in [0.1, 0.15) is 6.10 Å². The smallest absolute Gasteiger partial charge is 0.309 e. The Morgan fingerprint density at radius 3 is 2.11 bits per heavy atom. The minimum absolute atomic E-state index is 0.123. The summed E-state index contributed by atoms with van der Waals surface area (Å²) in [5.41, 5.74) is 5.35. The predicted molar refractivity (Wildman–Crippen MR) is 125 cm³/mol. The zero-order valence-electron chi connectivity index (χ0n) is 19.6. The van der Waals surface area contributed by atoms with Crippen LogP contribution in [0.2, 0.25) is 0 Å². The number of hydrogen-bond acceptors (Lipinski definition) is 2. The maximum Gasteiger partial charge on any atom is 0.309 e. The Morgan fingerprint density at radius 1 is 1.11 bits per heavy atom. The first-order chi connectivity index (χ1) is 13.1. The number of aryl methyl sites for hydroxylation is 1. The number of ether oxygens (including phenoxy) is 1. The van der Waals surface area contributed by atoms with Crippen LogP contribution in [0.3, 0.4) is 0 Å².